The van der Waals surface area contributed by atoms with Gasteiger partial charge in [0.25, 0.3) is 0 Å². The third-order valence-corrected chi connectivity index (χ3v) is 7.27. The highest BCUT2D eigenvalue weighted by Gasteiger charge is 2.21. The molecular weight excluding hydrogens is 386 g/mol. The second-order valence-electron chi connectivity index (χ2n) is 9.35. The molecule has 0 aliphatic carbocycles. The molecule has 1 aromatic heterocycles. The zero-order valence-corrected chi connectivity index (χ0v) is 20.7. The van der Waals surface area contributed by atoms with E-state index >= 15 is 0 Å². The first-order valence-electron chi connectivity index (χ1n) is 12.0. The zero-order valence-electron chi connectivity index (χ0n) is 20.7. The van der Waals surface area contributed by atoms with E-state index in [4.69, 9.17) is 0 Å². The minimum Gasteiger partial charge on any atom is -0.198 e. The van der Waals surface area contributed by atoms with Crippen LogP contribution in [-0.4, -0.2) is 0 Å². The number of rotatable bonds is 5. The molecule has 0 bridgehead atoms. The van der Waals surface area contributed by atoms with Gasteiger partial charge in [0.15, 0.2) is 5.69 Å². The molecule has 0 N–H and O–H groups in total. The molecule has 1 nitrogen and oxygen atoms in total. The van der Waals surface area contributed by atoms with E-state index in [1.165, 1.54) is 73.9 Å². The van der Waals surface area contributed by atoms with Crippen molar-refractivity contribution in [1.82, 2.24) is 0 Å². The van der Waals surface area contributed by atoms with E-state index in [0.29, 0.717) is 5.92 Å². The molecule has 0 aliphatic heterocycles. The van der Waals surface area contributed by atoms with Gasteiger partial charge in [0.2, 0.25) is 5.69 Å². The molecule has 0 spiro atoms. The van der Waals surface area contributed by atoms with Crippen molar-refractivity contribution in [2.45, 2.75) is 60.3 Å². The van der Waals surface area contributed by atoms with Crippen LogP contribution in [0.25, 0.3) is 33.2 Å². The van der Waals surface area contributed by atoms with Gasteiger partial charge in [0, 0.05) is 18.6 Å². The highest BCUT2D eigenvalue weighted by atomic mass is 14.9. The van der Waals surface area contributed by atoms with E-state index in [9.17, 15) is 0 Å². The highest BCUT2D eigenvalue weighted by molar-refractivity contribution is 5.94. The van der Waals surface area contributed by atoms with E-state index in [0.717, 1.165) is 0 Å². The first kappa shape index (κ1) is 22.3. The van der Waals surface area contributed by atoms with Gasteiger partial charge in [-0.2, -0.15) is 4.57 Å². The van der Waals surface area contributed by atoms with E-state index in [1.54, 1.807) is 0 Å². The molecule has 4 rings (SSSR count). The summed E-state index contributed by atoms with van der Waals surface area (Å²) in [5, 5.41) is 2.67. The minimum absolute atomic E-state index is 0.635. The normalized spacial score (nSPS) is 11.5. The van der Waals surface area contributed by atoms with Crippen LogP contribution in [0.2, 0.25) is 0 Å². The second-order valence-corrected chi connectivity index (χ2v) is 9.35. The van der Waals surface area contributed by atoms with E-state index in [-0.39, 0.29) is 0 Å². The van der Waals surface area contributed by atoms with Gasteiger partial charge in [-0.25, -0.2) is 0 Å². The molecule has 0 atom stereocenters. The smallest absolute Gasteiger partial charge is 0.198 e. The van der Waals surface area contributed by atoms with E-state index in [2.05, 4.69) is 114 Å². The monoisotopic (exact) mass is 422 g/mol. The summed E-state index contributed by atoms with van der Waals surface area (Å²) in [6.07, 6.45) is 2.38. The number of benzene rings is 3. The zero-order chi connectivity index (χ0) is 23.0. The Hall–Kier alpha value is -2.93. The predicted octanol–water partition coefficient (Wildman–Crippen LogP) is 8.14. The van der Waals surface area contributed by atoms with Crippen molar-refractivity contribution in [2.24, 2.45) is 7.05 Å². The maximum absolute atomic E-state index is 2.42. The van der Waals surface area contributed by atoms with Crippen molar-refractivity contribution < 1.29 is 4.57 Å². The lowest BCUT2D eigenvalue weighted by atomic mass is 9.89. The van der Waals surface area contributed by atoms with Gasteiger partial charge in [-0.15, -0.1) is 0 Å². The molecule has 0 saturated heterocycles. The molecule has 1 heterocycles. The average molecular weight is 423 g/mol. The standard InChI is InChI=1S/C31H36N/c1-8-24(9-2)25-13-16-29-27(19-25)18-23(6)32(7)31(29)28-15-14-26(17-22(28)5)30-20(3)11-10-12-21(30)4/h10-19,24H,8-9H2,1-7H3/q+1. The van der Waals surface area contributed by atoms with Crippen molar-refractivity contribution >= 4 is 10.8 Å². The summed E-state index contributed by atoms with van der Waals surface area (Å²) in [6, 6.07) is 23.0. The largest absolute Gasteiger partial charge is 0.220 e. The van der Waals surface area contributed by atoms with Crippen LogP contribution in [0.1, 0.15) is 60.6 Å². The van der Waals surface area contributed by atoms with Gasteiger partial charge in [-0.1, -0.05) is 56.3 Å². The lowest BCUT2D eigenvalue weighted by Crippen LogP contribution is -2.35. The Morgan fingerprint density at radius 1 is 0.750 bits per heavy atom. The molecular formula is C31H36N+. The Labute approximate surface area is 193 Å². The molecule has 0 fully saturated rings. The fraction of sp³-hybridized carbons (Fsp3) is 0.323. The fourth-order valence-electron chi connectivity index (χ4n) is 5.29. The third-order valence-electron chi connectivity index (χ3n) is 7.27. The van der Waals surface area contributed by atoms with Gasteiger partial charge in [-0.05, 0) is 90.4 Å². The van der Waals surface area contributed by atoms with Gasteiger partial charge < -0.3 is 0 Å². The van der Waals surface area contributed by atoms with Crippen LogP contribution in [0, 0.1) is 27.7 Å². The van der Waals surface area contributed by atoms with E-state index < -0.39 is 0 Å². The summed E-state index contributed by atoms with van der Waals surface area (Å²) in [5.74, 6) is 0.635. The summed E-state index contributed by atoms with van der Waals surface area (Å²) in [4.78, 5) is 0. The summed E-state index contributed by atoms with van der Waals surface area (Å²) in [7, 11) is 2.19. The summed E-state index contributed by atoms with van der Waals surface area (Å²) in [6.45, 7) is 13.5. The average Bonchev–Trinajstić information content (AvgIpc) is 2.76. The van der Waals surface area contributed by atoms with Gasteiger partial charge >= 0.3 is 0 Å². The molecule has 4 aromatic rings. The Bertz CT molecular complexity index is 1270. The molecule has 0 radical (unpaired) electrons. The van der Waals surface area contributed by atoms with Crippen LogP contribution in [-0.2, 0) is 7.05 Å². The molecule has 32 heavy (non-hydrogen) atoms. The minimum atomic E-state index is 0.635. The number of hydrogen-bond acceptors (Lipinski definition) is 0. The maximum Gasteiger partial charge on any atom is 0.220 e. The molecule has 1 heteroatoms. The third kappa shape index (κ3) is 3.86. The van der Waals surface area contributed by atoms with Crippen molar-refractivity contribution in [2.75, 3.05) is 0 Å². The first-order valence-corrected chi connectivity index (χ1v) is 12.0. The summed E-state index contributed by atoms with van der Waals surface area (Å²) >= 11 is 0. The number of pyridine rings is 1. The fourth-order valence-corrected chi connectivity index (χ4v) is 5.29. The van der Waals surface area contributed by atoms with Gasteiger partial charge in [0.1, 0.15) is 7.05 Å². The predicted molar refractivity (Wildman–Crippen MR) is 138 cm³/mol. The first-order chi connectivity index (χ1) is 15.3. The summed E-state index contributed by atoms with van der Waals surface area (Å²) in [5.41, 5.74) is 12.0. The maximum atomic E-state index is 2.42. The van der Waals surface area contributed by atoms with Gasteiger partial charge in [-0.3, -0.25) is 0 Å². The Morgan fingerprint density at radius 2 is 1.44 bits per heavy atom. The quantitative estimate of drug-likeness (QED) is 0.286. The van der Waals surface area contributed by atoms with Crippen molar-refractivity contribution in [3.63, 3.8) is 0 Å². The van der Waals surface area contributed by atoms with Crippen LogP contribution in [0.5, 0.6) is 0 Å². The van der Waals surface area contributed by atoms with Crippen LogP contribution in [0.3, 0.4) is 0 Å². The lowest BCUT2D eigenvalue weighted by Gasteiger charge is -2.16. The number of aryl methyl sites for hydroxylation is 4. The van der Waals surface area contributed by atoms with Crippen LogP contribution in [0.15, 0.2) is 60.7 Å². The van der Waals surface area contributed by atoms with Crippen molar-refractivity contribution in [3.05, 3.63) is 88.6 Å². The Balaban J connectivity index is 1.90. The Kier molecular flexibility index (Phi) is 6.20. The van der Waals surface area contributed by atoms with E-state index in [1.807, 2.05) is 0 Å². The van der Waals surface area contributed by atoms with Crippen LogP contribution < -0.4 is 4.57 Å². The molecule has 3 aromatic carbocycles. The molecule has 0 aliphatic rings. The lowest BCUT2D eigenvalue weighted by molar-refractivity contribution is -0.665. The van der Waals surface area contributed by atoms with Crippen LogP contribution >= 0.6 is 0 Å². The number of aromatic nitrogens is 1. The number of nitrogens with zero attached hydrogens (tertiary/aromatic N) is 1. The van der Waals surface area contributed by atoms with Crippen LogP contribution in [0.4, 0.5) is 0 Å². The molecule has 0 saturated carbocycles. The summed E-state index contributed by atoms with van der Waals surface area (Å²) < 4.78 is 2.35. The highest BCUT2D eigenvalue weighted by Crippen LogP contribution is 2.35. The Morgan fingerprint density at radius 3 is 2.06 bits per heavy atom. The SMILES string of the molecule is CCC(CC)c1ccc2c(-c3ccc(-c4c(C)cccc4C)cc3C)[n+](C)c(C)cc2c1. The molecule has 0 amide bonds. The number of fused-ring (bicyclic) bond motifs is 1. The number of hydrogen-bond donors (Lipinski definition) is 0. The molecule has 164 valence electrons. The molecule has 0 unspecified atom stereocenters. The van der Waals surface area contributed by atoms with Gasteiger partial charge in [0.05, 0.1) is 5.39 Å². The second kappa shape index (κ2) is 8.90. The van der Waals surface area contributed by atoms with Crippen molar-refractivity contribution in [3.8, 4) is 22.4 Å². The van der Waals surface area contributed by atoms with Crippen molar-refractivity contribution in [1.29, 1.82) is 0 Å². The topological polar surface area (TPSA) is 3.88 Å².